The predicted molar refractivity (Wildman–Crippen MR) is 87.7 cm³/mol. The zero-order chi connectivity index (χ0) is 15.7. The van der Waals surface area contributed by atoms with Crippen LogP contribution in [0, 0.1) is 11.8 Å². The summed E-state index contributed by atoms with van der Waals surface area (Å²) < 4.78 is 5.27. The van der Waals surface area contributed by atoms with Crippen molar-refractivity contribution in [2.24, 2.45) is 11.8 Å². The number of aromatic nitrogens is 1. The standard InChI is InChI=1S/C18H24N2O2/c1-12-6-13(2)10-20(9-12)11-18(21)16-8-19-17-5-4-14(22-3)7-15(16)17/h4-5,7-8,12-13,19H,6,9-11H2,1-3H3/p+1/t12-,13-/m1/s1. The number of likely N-dealkylation sites (tertiary alicyclic amines) is 1. The topological polar surface area (TPSA) is 46.5 Å². The van der Waals surface area contributed by atoms with E-state index in [1.54, 1.807) is 7.11 Å². The molecule has 0 bridgehead atoms. The van der Waals surface area contributed by atoms with Crippen LogP contribution in [-0.4, -0.2) is 37.5 Å². The Balaban J connectivity index is 1.80. The quantitative estimate of drug-likeness (QED) is 0.848. The number of quaternary nitrogens is 1. The number of ether oxygens (including phenoxy) is 1. The van der Waals surface area contributed by atoms with E-state index in [9.17, 15) is 4.79 Å². The Bertz CT molecular complexity index is 667. The van der Waals surface area contributed by atoms with Gasteiger partial charge >= 0.3 is 0 Å². The van der Waals surface area contributed by atoms with E-state index in [0.717, 1.165) is 35.3 Å². The van der Waals surface area contributed by atoms with Gasteiger partial charge in [0.05, 0.1) is 20.2 Å². The molecule has 2 atom stereocenters. The van der Waals surface area contributed by atoms with Crippen molar-refractivity contribution < 1.29 is 14.4 Å². The second kappa shape index (κ2) is 6.13. The molecule has 4 nitrogen and oxygen atoms in total. The molecule has 1 aromatic heterocycles. The summed E-state index contributed by atoms with van der Waals surface area (Å²) in [7, 11) is 1.65. The molecular formula is C18H25N2O2+. The van der Waals surface area contributed by atoms with Gasteiger partial charge in [-0.25, -0.2) is 0 Å². The van der Waals surface area contributed by atoms with Gasteiger partial charge in [0.15, 0.2) is 0 Å². The molecule has 2 N–H and O–H groups in total. The number of piperidine rings is 1. The molecule has 1 aliphatic heterocycles. The van der Waals surface area contributed by atoms with Crippen LogP contribution in [0.2, 0.25) is 0 Å². The third-order valence-corrected chi connectivity index (χ3v) is 4.68. The van der Waals surface area contributed by atoms with Gasteiger partial charge in [0.2, 0.25) is 5.78 Å². The van der Waals surface area contributed by atoms with E-state index in [2.05, 4.69) is 18.8 Å². The maximum Gasteiger partial charge on any atom is 0.219 e. The lowest BCUT2D eigenvalue weighted by Gasteiger charge is -2.31. The van der Waals surface area contributed by atoms with E-state index in [0.29, 0.717) is 18.4 Å². The van der Waals surface area contributed by atoms with E-state index in [-0.39, 0.29) is 5.78 Å². The molecule has 0 aliphatic carbocycles. The van der Waals surface area contributed by atoms with Crippen LogP contribution < -0.4 is 9.64 Å². The van der Waals surface area contributed by atoms with Crippen molar-refractivity contribution in [3.8, 4) is 5.75 Å². The molecule has 1 aliphatic rings. The number of H-pyrrole nitrogens is 1. The summed E-state index contributed by atoms with van der Waals surface area (Å²) in [5, 5.41) is 0.960. The van der Waals surface area contributed by atoms with Gasteiger partial charge in [0.1, 0.15) is 12.3 Å². The SMILES string of the molecule is COc1ccc2[nH]cc(C(=O)C[NH+]3C[C@H](C)C[C@@H](C)C3)c2c1. The lowest BCUT2D eigenvalue weighted by Crippen LogP contribution is -3.15. The largest absolute Gasteiger partial charge is 0.497 e. The summed E-state index contributed by atoms with van der Waals surface area (Å²) in [6, 6.07) is 5.81. The Hall–Kier alpha value is -1.81. The number of hydrogen-bond acceptors (Lipinski definition) is 2. The Labute approximate surface area is 131 Å². The number of hydrogen-bond donors (Lipinski definition) is 2. The van der Waals surface area contributed by atoms with Crippen LogP contribution in [0.1, 0.15) is 30.6 Å². The van der Waals surface area contributed by atoms with Crippen molar-refractivity contribution in [2.75, 3.05) is 26.7 Å². The van der Waals surface area contributed by atoms with Gasteiger partial charge in [-0.05, 0) is 24.6 Å². The monoisotopic (exact) mass is 301 g/mol. The van der Waals surface area contributed by atoms with Gasteiger partial charge in [0.25, 0.3) is 0 Å². The number of carbonyl (C=O) groups is 1. The van der Waals surface area contributed by atoms with Crippen LogP contribution in [0.25, 0.3) is 10.9 Å². The highest BCUT2D eigenvalue weighted by molar-refractivity contribution is 6.08. The summed E-state index contributed by atoms with van der Waals surface area (Å²) in [6.07, 6.45) is 3.12. The predicted octanol–water partition coefficient (Wildman–Crippen LogP) is 1.92. The van der Waals surface area contributed by atoms with Crippen LogP contribution in [0.5, 0.6) is 5.75 Å². The van der Waals surface area contributed by atoms with Gasteiger partial charge in [-0.2, -0.15) is 0 Å². The van der Waals surface area contributed by atoms with E-state index < -0.39 is 0 Å². The number of methoxy groups -OCH3 is 1. The molecule has 0 amide bonds. The average Bonchev–Trinajstić information content (AvgIpc) is 2.88. The molecule has 3 rings (SSSR count). The molecule has 0 radical (unpaired) electrons. The van der Waals surface area contributed by atoms with Crippen molar-refractivity contribution in [1.29, 1.82) is 0 Å². The summed E-state index contributed by atoms with van der Waals surface area (Å²) in [4.78, 5) is 17.3. The Kier molecular flexibility index (Phi) is 4.21. The molecule has 0 saturated carbocycles. The molecule has 0 spiro atoms. The van der Waals surface area contributed by atoms with Crippen LogP contribution in [-0.2, 0) is 0 Å². The lowest BCUT2D eigenvalue weighted by molar-refractivity contribution is -0.903. The minimum Gasteiger partial charge on any atom is -0.497 e. The van der Waals surface area contributed by atoms with Gasteiger partial charge in [-0.3, -0.25) is 4.79 Å². The van der Waals surface area contributed by atoms with Crippen molar-refractivity contribution in [3.63, 3.8) is 0 Å². The second-order valence-corrected chi connectivity index (χ2v) is 6.82. The molecule has 118 valence electrons. The lowest BCUT2D eigenvalue weighted by atomic mass is 9.91. The fourth-order valence-corrected chi connectivity index (χ4v) is 3.85. The highest BCUT2D eigenvalue weighted by Gasteiger charge is 2.27. The van der Waals surface area contributed by atoms with Crippen molar-refractivity contribution in [3.05, 3.63) is 30.0 Å². The summed E-state index contributed by atoms with van der Waals surface area (Å²) in [6.45, 7) is 7.36. The maximum atomic E-state index is 12.7. The second-order valence-electron chi connectivity index (χ2n) is 6.82. The number of benzene rings is 1. The Morgan fingerprint density at radius 2 is 2.05 bits per heavy atom. The normalized spacial score (nSPS) is 25.3. The summed E-state index contributed by atoms with van der Waals surface area (Å²) in [5.41, 5.74) is 1.77. The molecule has 0 unspecified atom stereocenters. The third kappa shape index (κ3) is 3.02. The smallest absolute Gasteiger partial charge is 0.219 e. The van der Waals surface area contributed by atoms with Gasteiger partial charge < -0.3 is 14.6 Å². The van der Waals surface area contributed by atoms with E-state index >= 15 is 0 Å². The minimum atomic E-state index is 0.218. The highest BCUT2D eigenvalue weighted by atomic mass is 16.5. The number of ketones is 1. The number of carbonyl (C=O) groups excluding carboxylic acids is 1. The van der Waals surface area contributed by atoms with E-state index in [4.69, 9.17) is 4.74 Å². The van der Waals surface area contributed by atoms with Gasteiger partial charge in [-0.1, -0.05) is 13.8 Å². The molecular weight excluding hydrogens is 276 g/mol. The van der Waals surface area contributed by atoms with Crippen LogP contribution >= 0.6 is 0 Å². The summed E-state index contributed by atoms with van der Waals surface area (Å²) >= 11 is 0. The van der Waals surface area contributed by atoms with E-state index in [1.807, 2.05) is 24.4 Å². The highest BCUT2D eigenvalue weighted by Crippen LogP contribution is 2.23. The average molecular weight is 301 g/mol. The molecule has 2 heterocycles. The number of Topliss-reactive ketones (excluding diaryl/α,β-unsaturated/α-hetero) is 1. The maximum absolute atomic E-state index is 12.7. The number of fused-ring (bicyclic) bond motifs is 1. The van der Waals surface area contributed by atoms with E-state index in [1.165, 1.54) is 11.3 Å². The fraction of sp³-hybridized carbons (Fsp3) is 0.500. The molecule has 22 heavy (non-hydrogen) atoms. The third-order valence-electron chi connectivity index (χ3n) is 4.68. The Morgan fingerprint density at radius 1 is 1.32 bits per heavy atom. The molecule has 1 fully saturated rings. The fourth-order valence-electron chi connectivity index (χ4n) is 3.85. The first-order chi connectivity index (χ1) is 10.6. The molecule has 4 heteroatoms. The van der Waals surface area contributed by atoms with Crippen LogP contribution in [0.4, 0.5) is 0 Å². The van der Waals surface area contributed by atoms with Crippen molar-refractivity contribution in [2.45, 2.75) is 20.3 Å². The molecule has 1 saturated heterocycles. The number of nitrogens with one attached hydrogen (secondary N) is 2. The van der Waals surface area contributed by atoms with Crippen molar-refractivity contribution in [1.82, 2.24) is 4.98 Å². The van der Waals surface area contributed by atoms with Gasteiger partial charge in [0, 0.05) is 34.5 Å². The molecule has 1 aromatic carbocycles. The minimum absolute atomic E-state index is 0.218. The zero-order valence-electron chi connectivity index (χ0n) is 13.6. The zero-order valence-corrected chi connectivity index (χ0v) is 13.6. The van der Waals surface area contributed by atoms with Crippen LogP contribution in [0.3, 0.4) is 0 Å². The first kappa shape index (κ1) is 15.1. The van der Waals surface area contributed by atoms with Gasteiger partial charge in [-0.15, -0.1) is 0 Å². The van der Waals surface area contributed by atoms with Crippen molar-refractivity contribution >= 4 is 16.7 Å². The first-order valence-electron chi connectivity index (χ1n) is 8.08. The first-order valence-corrected chi connectivity index (χ1v) is 8.08. The Morgan fingerprint density at radius 3 is 2.73 bits per heavy atom. The number of aromatic amines is 1. The number of rotatable bonds is 4. The van der Waals surface area contributed by atoms with Crippen LogP contribution in [0.15, 0.2) is 24.4 Å². The summed E-state index contributed by atoms with van der Waals surface area (Å²) in [5.74, 6) is 2.41. The molecule has 2 aromatic rings.